The van der Waals surface area contributed by atoms with Crippen molar-refractivity contribution in [2.24, 2.45) is 0 Å². The Bertz CT molecular complexity index is 1240. The second-order valence-electron chi connectivity index (χ2n) is 11.9. The van der Waals surface area contributed by atoms with E-state index in [0.29, 0.717) is 26.4 Å². The Morgan fingerprint density at radius 3 is 0.731 bits per heavy atom. The number of benzene rings is 4. The number of carbonyl (C=O) groups excluding carboxylic acids is 2. The van der Waals surface area contributed by atoms with Gasteiger partial charge in [-0.15, -0.1) is 0 Å². The predicted octanol–water partition coefficient (Wildman–Crippen LogP) is 10.6. The average Bonchev–Trinajstić information content (AvgIpc) is 3.16. The molecule has 0 aliphatic carbocycles. The standard InChI is InChI=1S/2C21H26O3.CH2O3/c2*22-21(23-17-9-7-15-19-11-3-1-4-12-19)24-18-10-8-16-20-13-5-2-6-14-20;2-1(3)4/h2*1-6,11-14H,7-10,15-18H2;(H2,2,3,4). The van der Waals surface area contributed by atoms with Crippen LogP contribution in [-0.2, 0) is 44.6 Å². The molecule has 0 bridgehead atoms. The van der Waals surface area contributed by atoms with Gasteiger partial charge in [-0.1, -0.05) is 121 Å². The van der Waals surface area contributed by atoms with Crippen molar-refractivity contribution < 1.29 is 43.5 Å². The van der Waals surface area contributed by atoms with E-state index >= 15 is 0 Å². The lowest BCUT2D eigenvalue weighted by Gasteiger charge is -2.06. The summed E-state index contributed by atoms with van der Waals surface area (Å²) >= 11 is 0. The lowest BCUT2D eigenvalue weighted by Crippen LogP contribution is -2.09. The molecule has 4 rings (SSSR count). The molecule has 0 amide bonds. The normalized spacial score (nSPS) is 10.0. The smallest absolute Gasteiger partial charge is 0.450 e. The first-order valence-corrected chi connectivity index (χ1v) is 18.1. The average molecular weight is 715 g/mol. The number of hydrogen-bond donors (Lipinski definition) is 2. The highest BCUT2D eigenvalue weighted by Gasteiger charge is 2.05. The third-order valence-electron chi connectivity index (χ3n) is 7.69. The van der Waals surface area contributed by atoms with Crippen LogP contribution < -0.4 is 0 Å². The molecule has 0 saturated heterocycles. The zero-order valence-corrected chi connectivity index (χ0v) is 30.1. The molecule has 4 aromatic rings. The number of aryl methyl sites for hydroxylation is 4. The fourth-order valence-electron chi connectivity index (χ4n) is 5.01. The van der Waals surface area contributed by atoms with E-state index in [1.807, 2.05) is 72.8 Å². The van der Waals surface area contributed by atoms with Gasteiger partial charge in [0.05, 0.1) is 26.4 Å². The summed E-state index contributed by atoms with van der Waals surface area (Å²) in [6.45, 7) is 1.71. The number of hydrogen-bond acceptors (Lipinski definition) is 7. The number of carboxylic acid groups (broad SMARTS) is 2. The van der Waals surface area contributed by atoms with Crippen LogP contribution in [0.2, 0.25) is 0 Å². The Labute approximate surface area is 308 Å². The first-order chi connectivity index (χ1) is 25.4. The van der Waals surface area contributed by atoms with E-state index in [2.05, 4.69) is 48.5 Å². The van der Waals surface area contributed by atoms with E-state index in [-0.39, 0.29) is 0 Å². The molecule has 0 aliphatic rings. The fourth-order valence-corrected chi connectivity index (χ4v) is 5.01. The van der Waals surface area contributed by atoms with E-state index < -0.39 is 18.5 Å². The Morgan fingerprint density at radius 2 is 0.538 bits per heavy atom. The van der Waals surface area contributed by atoms with Gasteiger partial charge >= 0.3 is 18.5 Å². The molecule has 0 atom stereocenters. The van der Waals surface area contributed by atoms with Crippen LogP contribution in [0.25, 0.3) is 0 Å². The van der Waals surface area contributed by atoms with Gasteiger partial charge in [0.1, 0.15) is 0 Å². The molecule has 0 fully saturated rings. The highest BCUT2D eigenvalue weighted by molar-refractivity contribution is 5.60. The van der Waals surface area contributed by atoms with Crippen molar-refractivity contribution in [3.63, 3.8) is 0 Å². The third kappa shape index (κ3) is 24.8. The largest absolute Gasteiger partial charge is 0.508 e. The number of carbonyl (C=O) groups is 3. The second kappa shape index (κ2) is 29.4. The number of ether oxygens (including phenoxy) is 4. The van der Waals surface area contributed by atoms with Crippen molar-refractivity contribution in [3.05, 3.63) is 144 Å². The molecule has 0 aromatic heterocycles. The highest BCUT2D eigenvalue weighted by atomic mass is 16.7. The molecular formula is C43H54O9. The SMILES string of the molecule is O=C(O)O.O=C(OCCCCc1ccccc1)OCCCCc1ccccc1.O=C(OCCCCc1ccccc1)OCCCCc1ccccc1. The van der Waals surface area contributed by atoms with Crippen LogP contribution in [0.1, 0.15) is 73.6 Å². The zero-order chi connectivity index (χ0) is 37.3. The number of rotatable bonds is 20. The van der Waals surface area contributed by atoms with Crippen molar-refractivity contribution >= 4 is 18.5 Å². The summed E-state index contributed by atoms with van der Waals surface area (Å²) in [5.74, 6) is 0. The van der Waals surface area contributed by atoms with E-state index in [1.54, 1.807) is 0 Å². The Kier molecular flexibility index (Phi) is 24.2. The van der Waals surface area contributed by atoms with Crippen LogP contribution >= 0.6 is 0 Å². The minimum atomic E-state index is -1.83. The summed E-state index contributed by atoms with van der Waals surface area (Å²) in [5.41, 5.74) is 5.27. The Balaban J connectivity index is 0.000000327. The monoisotopic (exact) mass is 714 g/mol. The molecule has 0 saturated carbocycles. The minimum Gasteiger partial charge on any atom is -0.450 e. The summed E-state index contributed by atoms with van der Waals surface area (Å²) in [6, 6.07) is 41.3. The van der Waals surface area contributed by atoms with E-state index in [0.717, 1.165) is 77.0 Å². The van der Waals surface area contributed by atoms with Crippen LogP contribution in [0.4, 0.5) is 14.4 Å². The third-order valence-corrected chi connectivity index (χ3v) is 7.69. The molecule has 9 heteroatoms. The molecule has 0 unspecified atom stereocenters. The molecule has 52 heavy (non-hydrogen) atoms. The van der Waals surface area contributed by atoms with Crippen molar-refractivity contribution in [1.82, 2.24) is 0 Å². The second-order valence-corrected chi connectivity index (χ2v) is 11.9. The maximum absolute atomic E-state index is 11.5. The highest BCUT2D eigenvalue weighted by Crippen LogP contribution is 2.08. The first-order valence-electron chi connectivity index (χ1n) is 18.1. The van der Waals surface area contributed by atoms with Gasteiger partial charge in [0.2, 0.25) is 0 Å². The summed E-state index contributed by atoms with van der Waals surface area (Å²) in [5, 5.41) is 13.9. The predicted molar refractivity (Wildman–Crippen MR) is 203 cm³/mol. The van der Waals surface area contributed by atoms with Crippen LogP contribution in [0.5, 0.6) is 0 Å². The van der Waals surface area contributed by atoms with E-state index in [1.165, 1.54) is 22.3 Å². The zero-order valence-electron chi connectivity index (χ0n) is 30.1. The van der Waals surface area contributed by atoms with Gasteiger partial charge in [-0.2, -0.15) is 0 Å². The quantitative estimate of drug-likeness (QED) is 0.0679. The van der Waals surface area contributed by atoms with Gasteiger partial charge in [0, 0.05) is 0 Å². The van der Waals surface area contributed by atoms with Gasteiger partial charge in [0.15, 0.2) is 0 Å². The number of unbranched alkanes of at least 4 members (excludes halogenated alkanes) is 4. The molecule has 0 spiro atoms. The maximum atomic E-state index is 11.5. The van der Waals surface area contributed by atoms with Crippen molar-refractivity contribution in [3.8, 4) is 0 Å². The molecular weight excluding hydrogens is 660 g/mol. The molecule has 9 nitrogen and oxygen atoms in total. The van der Waals surface area contributed by atoms with Gasteiger partial charge in [0.25, 0.3) is 0 Å². The van der Waals surface area contributed by atoms with Gasteiger partial charge < -0.3 is 29.2 Å². The molecule has 0 aliphatic heterocycles. The van der Waals surface area contributed by atoms with Crippen LogP contribution in [0, 0.1) is 0 Å². The summed E-state index contributed by atoms with van der Waals surface area (Å²) in [4.78, 5) is 31.5. The van der Waals surface area contributed by atoms with Crippen molar-refractivity contribution in [2.45, 2.75) is 77.0 Å². The van der Waals surface area contributed by atoms with Crippen LogP contribution in [0.3, 0.4) is 0 Å². The van der Waals surface area contributed by atoms with Gasteiger partial charge in [-0.3, -0.25) is 0 Å². The first kappa shape index (κ1) is 42.9. The topological polar surface area (TPSA) is 129 Å². The summed E-state index contributed by atoms with van der Waals surface area (Å²) < 4.78 is 20.3. The van der Waals surface area contributed by atoms with Gasteiger partial charge in [-0.25, -0.2) is 14.4 Å². The minimum absolute atomic E-state index is 0.426. The molecule has 0 radical (unpaired) electrons. The van der Waals surface area contributed by atoms with E-state index in [4.69, 9.17) is 34.0 Å². The molecule has 4 aromatic carbocycles. The lowest BCUT2D eigenvalue weighted by molar-refractivity contribution is 0.0522. The van der Waals surface area contributed by atoms with Crippen molar-refractivity contribution in [1.29, 1.82) is 0 Å². The Hall–Kier alpha value is -5.31. The molecule has 2 N–H and O–H groups in total. The van der Waals surface area contributed by atoms with Crippen LogP contribution in [-0.4, -0.2) is 55.1 Å². The van der Waals surface area contributed by atoms with Crippen LogP contribution in [0.15, 0.2) is 121 Å². The molecule has 280 valence electrons. The lowest BCUT2D eigenvalue weighted by atomic mass is 10.1. The van der Waals surface area contributed by atoms with Gasteiger partial charge in [-0.05, 0) is 99.3 Å². The summed E-state index contributed by atoms with van der Waals surface area (Å²) in [7, 11) is 0. The van der Waals surface area contributed by atoms with E-state index in [9.17, 15) is 9.59 Å². The maximum Gasteiger partial charge on any atom is 0.508 e. The fraction of sp³-hybridized carbons (Fsp3) is 0.372. The van der Waals surface area contributed by atoms with Crippen molar-refractivity contribution in [2.75, 3.05) is 26.4 Å². The summed E-state index contributed by atoms with van der Waals surface area (Å²) in [6.07, 6.45) is 8.59. The Morgan fingerprint density at radius 1 is 0.346 bits per heavy atom. The molecule has 0 heterocycles.